The minimum Gasteiger partial charge on any atom is -0.459 e. The van der Waals surface area contributed by atoms with Gasteiger partial charge in [0.15, 0.2) is 0 Å². The van der Waals surface area contributed by atoms with Gasteiger partial charge in [0.1, 0.15) is 17.2 Å². The van der Waals surface area contributed by atoms with Crippen LogP contribution in [0.3, 0.4) is 0 Å². The Hall–Kier alpha value is -1.20. The molecule has 2 rings (SSSR count). The Bertz CT molecular complexity index is 700. The van der Waals surface area contributed by atoms with Crippen molar-refractivity contribution >= 4 is 22.0 Å². The molecule has 0 amide bonds. The summed E-state index contributed by atoms with van der Waals surface area (Å²) in [5, 5.41) is 0.768. The first-order chi connectivity index (χ1) is 10.1. The molecule has 0 aliphatic carbocycles. The molecule has 0 saturated carbocycles. The summed E-state index contributed by atoms with van der Waals surface area (Å²) in [6.07, 6.45) is 0. The first-order valence-corrected chi connectivity index (χ1v) is 8.63. The van der Waals surface area contributed by atoms with E-state index in [0.717, 1.165) is 16.7 Å². The highest BCUT2D eigenvalue weighted by Gasteiger charge is 2.29. The molecule has 0 aliphatic rings. The summed E-state index contributed by atoms with van der Waals surface area (Å²) in [6, 6.07) is 4.32. The molecule has 0 aliphatic heterocycles. The van der Waals surface area contributed by atoms with Gasteiger partial charge in [0, 0.05) is 10.9 Å². The molecule has 1 aromatic heterocycles. The van der Waals surface area contributed by atoms with Crippen molar-refractivity contribution < 1.29 is 13.0 Å². The molecule has 1 aromatic carbocycles. The van der Waals surface area contributed by atoms with E-state index in [1.165, 1.54) is 12.1 Å². The number of rotatable bonds is 4. The number of nitrogens with one attached hydrogen (secondary N) is 1. The van der Waals surface area contributed by atoms with Crippen LogP contribution in [0.1, 0.15) is 52.0 Å². The molecular weight excluding hydrogens is 301 g/mol. The van der Waals surface area contributed by atoms with Gasteiger partial charge in [-0.25, -0.2) is 13.3 Å². The van der Waals surface area contributed by atoms with Crippen LogP contribution in [0.15, 0.2) is 22.6 Å². The molecule has 1 N–H and O–H groups in total. The SMILES string of the molecule is Cc1c([C@@H](NS(=O)C(C)(C)C)C(C)C)oc2ccc(F)cc12. The van der Waals surface area contributed by atoms with Gasteiger partial charge in [0.2, 0.25) is 0 Å². The van der Waals surface area contributed by atoms with Crippen LogP contribution in [0.4, 0.5) is 4.39 Å². The van der Waals surface area contributed by atoms with Crippen molar-refractivity contribution in [3.63, 3.8) is 0 Å². The highest BCUT2D eigenvalue weighted by molar-refractivity contribution is 7.84. The fourth-order valence-corrected chi connectivity index (χ4v) is 3.26. The lowest BCUT2D eigenvalue weighted by Gasteiger charge is -2.25. The standard InChI is InChI=1S/C17H24FNO2S/c1-10(2)15(19-22(20)17(4,5)6)16-11(3)13-9-12(18)7-8-14(13)21-16/h7-10,15,19H,1-6H3/t15-,22?/m0/s1. The molecule has 5 heteroatoms. The maximum absolute atomic E-state index is 13.4. The second kappa shape index (κ2) is 6.13. The van der Waals surface area contributed by atoms with Gasteiger partial charge in [-0.1, -0.05) is 13.8 Å². The smallest absolute Gasteiger partial charge is 0.134 e. The number of fused-ring (bicyclic) bond motifs is 1. The van der Waals surface area contributed by atoms with Crippen LogP contribution in [0.25, 0.3) is 11.0 Å². The summed E-state index contributed by atoms with van der Waals surface area (Å²) in [6.45, 7) is 11.8. The number of hydrogen-bond acceptors (Lipinski definition) is 2. The minimum absolute atomic E-state index is 0.185. The lowest BCUT2D eigenvalue weighted by molar-refractivity contribution is 0.391. The lowest BCUT2D eigenvalue weighted by atomic mass is 9.99. The third-order valence-electron chi connectivity index (χ3n) is 3.67. The highest BCUT2D eigenvalue weighted by atomic mass is 32.2. The second-order valence-corrected chi connectivity index (χ2v) is 8.95. The van der Waals surface area contributed by atoms with E-state index in [9.17, 15) is 8.60 Å². The first-order valence-electron chi connectivity index (χ1n) is 7.48. The molecule has 22 heavy (non-hydrogen) atoms. The topological polar surface area (TPSA) is 42.2 Å². The van der Waals surface area contributed by atoms with E-state index in [1.54, 1.807) is 6.07 Å². The maximum Gasteiger partial charge on any atom is 0.134 e. The Kier molecular flexibility index (Phi) is 4.78. The molecule has 0 bridgehead atoms. The van der Waals surface area contributed by atoms with Gasteiger partial charge in [-0.2, -0.15) is 0 Å². The van der Waals surface area contributed by atoms with E-state index < -0.39 is 11.0 Å². The number of halogens is 1. The Morgan fingerprint density at radius 2 is 1.91 bits per heavy atom. The molecule has 3 nitrogen and oxygen atoms in total. The Balaban J connectivity index is 2.45. The Labute approximate surface area is 133 Å². The molecule has 0 spiro atoms. The molecule has 2 aromatic rings. The third kappa shape index (κ3) is 3.41. The molecule has 0 saturated heterocycles. The molecule has 122 valence electrons. The van der Waals surface area contributed by atoms with Crippen LogP contribution in [0, 0.1) is 18.7 Å². The summed E-state index contributed by atoms with van der Waals surface area (Å²) < 4.78 is 34.6. The fraction of sp³-hybridized carbons (Fsp3) is 0.529. The molecule has 2 atom stereocenters. The maximum atomic E-state index is 13.4. The molecule has 0 fully saturated rings. The number of benzene rings is 1. The van der Waals surface area contributed by atoms with Gasteiger partial charge in [-0.3, -0.25) is 0 Å². The molecule has 1 heterocycles. The highest BCUT2D eigenvalue weighted by Crippen LogP contribution is 2.34. The van der Waals surface area contributed by atoms with Gasteiger partial charge in [-0.15, -0.1) is 0 Å². The van der Waals surface area contributed by atoms with E-state index in [1.807, 2.05) is 41.5 Å². The largest absolute Gasteiger partial charge is 0.459 e. The first kappa shape index (κ1) is 17.2. The average molecular weight is 325 g/mol. The summed E-state index contributed by atoms with van der Waals surface area (Å²) in [5.41, 5.74) is 1.55. The van der Waals surface area contributed by atoms with Crippen molar-refractivity contribution in [1.82, 2.24) is 4.72 Å². The normalized spacial score (nSPS) is 15.5. The Morgan fingerprint density at radius 3 is 2.45 bits per heavy atom. The van der Waals surface area contributed by atoms with E-state index in [2.05, 4.69) is 4.72 Å². The summed E-state index contributed by atoms with van der Waals surface area (Å²) >= 11 is 0. The third-order valence-corrected chi connectivity index (χ3v) is 5.25. The zero-order chi connectivity index (χ0) is 16.7. The van der Waals surface area contributed by atoms with Crippen LogP contribution >= 0.6 is 0 Å². The quantitative estimate of drug-likeness (QED) is 0.890. The van der Waals surface area contributed by atoms with Gasteiger partial charge < -0.3 is 4.42 Å². The van der Waals surface area contributed by atoms with Crippen molar-refractivity contribution in [1.29, 1.82) is 0 Å². The predicted octanol–water partition coefficient (Wildman–Crippen LogP) is 4.63. The lowest BCUT2D eigenvalue weighted by Crippen LogP contribution is -2.37. The predicted molar refractivity (Wildman–Crippen MR) is 89.5 cm³/mol. The monoisotopic (exact) mass is 325 g/mol. The van der Waals surface area contributed by atoms with Crippen molar-refractivity contribution in [2.24, 2.45) is 5.92 Å². The summed E-state index contributed by atoms with van der Waals surface area (Å²) in [7, 11) is -1.21. The Morgan fingerprint density at radius 1 is 1.27 bits per heavy atom. The van der Waals surface area contributed by atoms with Crippen LogP contribution < -0.4 is 4.72 Å². The van der Waals surface area contributed by atoms with E-state index in [4.69, 9.17) is 4.42 Å². The van der Waals surface area contributed by atoms with E-state index >= 15 is 0 Å². The fourth-order valence-electron chi connectivity index (χ4n) is 2.29. The van der Waals surface area contributed by atoms with Crippen LogP contribution in [0.5, 0.6) is 0 Å². The van der Waals surface area contributed by atoms with Crippen molar-refractivity contribution in [2.45, 2.75) is 52.3 Å². The van der Waals surface area contributed by atoms with Crippen LogP contribution in [-0.4, -0.2) is 8.96 Å². The number of aryl methyl sites for hydroxylation is 1. The number of furan rings is 1. The minimum atomic E-state index is -1.21. The van der Waals surface area contributed by atoms with E-state index in [0.29, 0.717) is 5.58 Å². The molecule has 1 unspecified atom stereocenters. The van der Waals surface area contributed by atoms with Crippen LogP contribution in [-0.2, 0) is 11.0 Å². The van der Waals surface area contributed by atoms with Crippen LogP contribution in [0.2, 0.25) is 0 Å². The number of hydrogen-bond donors (Lipinski definition) is 1. The summed E-state index contributed by atoms with van der Waals surface area (Å²) in [5.74, 6) is 0.638. The van der Waals surface area contributed by atoms with Crippen molar-refractivity contribution in [3.8, 4) is 0 Å². The van der Waals surface area contributed by atoms with Crippen molar-refractivity contribution in [3.05, 3.63) is 35.3 Å². The second-order valence-electron chi connectivity index (χ2n) is 6.95. The van der Waals surface area contributed by atoms with Gasteiger partial charge in [-0.05, 0) is 51.8 Å². The molecular formula is C17H24FNO2S. The van der Waals surface area contributed by atoms with Gasteiger partial charge in [0.05, 0.1) is 21.8 Å². The average Bonchev–Trinajstić information content (AvgIpc) is 2.71. The van der Waals surface area contributed by atoms with E-state index in [-0.39, 0.29) is 22.5 Å². The zero-order valence-electron chi connectivity index (χ0n) is 14.0. The van der Waals surface area contributed by atoms with Crippen molar-refractivity contribution in [2.75, 3.05) is 0 Å². The molecule has 0 radical (unpaired) electrons. The zero-order valence-corrected chi connectivity index (χ0v) is 14.8. The van der Waals surface area contributed by atoms with Gasteiger partial charge in [0.25, 0.3) is 0 Å². The summed E-state index contributed by atoms with van der Waals surface area (Å²) in [4.78, 5) is 0. The van der Waals surface area contributed by atoms with Gasteiger partial charge >= 0.3 is 0 Å².